The molecule has 1 fully saturated rings. The molecule has 166 valence electrons. The van der Waals surface area contributed by atoms with Gasteiger partial charge in [0, 0.05) is 6.54 Å². The highest BCUT2D eigenvalue weighted by atomic mass is 19.4. The third-order valence-electron chi connectivity index (χ3n) is 4.97. The lowest BCUT2D eigenvalue weighted by Gasteiger charge is -2.16. The van der Waals surface area contributed by atoms with Crippen molar-refractivity contribution in [3.63, 3.8) is 0 Å². The van der Waals surface area contributed by atoms with Crippen LogP contribution >= 0.6 is 0 Å². The first-order valence-corrected chi connectivity index (χ1v) is 9.10. The first kappa shape index (κ1) is 21.4. The van der Waals surface area contributed by atoms with Crippen molar-refractivity contribution in [2.45, 2.75) is 37.3 Å². The van der Waals surface area contributed by atoms with E-state index in [1.54, 1.807) is 0 Å². The van der Waals surface area contributed by atoms with Crippen molar-refractivity contribution < 1.29 is 37.6 Å². The molecule has 4 atom stereocenters. The van der Waals surface area contributed by atoms with Crippen molar-refractivity contribution in [3.05, 3.63) is 47.8 Å². The number of anilines is 1. The molecule has 31 heavy (non-hydrogen) atoms. The van der Waals surface area contributed by atoms with Gasteiger partial charge >= 0.3 is 6.18 Å². The van der Waals surface area contributed by atoms with Crippen LogP contribution in [0.3, 0.4) is 0 Å². The molecule has 4 rings (SSSR count). The Morgan fingerprint density at radius 3 is 2.58 bits per heavy atom. The van der Waals surface area contributed by atoms with Crippen LogP contribution < -0.4 is 5.32 Å². The third-order valence-corrected chi connectivity index (χ3v) is 4.97. The molecule has 0 saturated carbocycles. The van der Waals surface area contributed by atoms with Gasteiger partial charge in [-0.2, -0.15) is 13.2 Å². The second kappa shape index (κ2) is 8.00. The first-order chi connectivity index (χ1) is 14.7. The molecule has 3 heterocycles. The zero-order valence-corrected chi connectivity index (χ0v) is 15.7. The fourth-order valence-electron chi connectivity index (χ4n) is 3.44. The summed E-state index contributed by atoms with van der Waals surface area (Å²) in [5.74, 6) is -0.737. The van der Waals surface area contributed by atoms with Crippen molar-refractivity contribution in [2.24, 2.45) is 0 Å². The van der Waals surface area contributed by atoms with E-state index in [-0.39, 0.29) is 29.1 Å². The Labute approximate surface area is 172 Å². The molecule has 0 aliphatic carbocycles. The number of aromatic nitrogens is 4. The summed E-state index contributed by atoms with van der Waals surface area (Å²) in [5, 5.41) is 32.1. The molecule has 0 spiro atoms. The summed E-state index contributed by atoms with van der Waals surface area (Å²) in [4.78, 5) is 12.2. The molecule has 9 nitrogen and oxygen atoms in total. The van der Waals surface area contributed by atoms with Gasteiger partial charge in [-0.05, 0) is 23.8 Å². The van der Waals surface area contributed by atoms with Crippen molar-refractivity contribution in [1.82, 2.24) is 19.5 Å². The van der Waals surface area contributed by atoms with E-state index in [9.17, 15) is 32.9 Å². The van der Waals surface area contributed by atoms with Crippen LogP contribution in [0, 0.1) is 5.82 Å². The summed E-state index contributed by atoms with van der Waals surface area (Å²) >= 11 is 0. The molecule has 4 N–H and O–H groups in total. The maximum absolute atomic E-state index is 13.5. The van der Waals surface area contributed by atoms with Crippen LogP contribution in [-0.4, -0.2) is 59.8 Å². The molecule has 0 amide bonds. The van der Waals surface area contributed by atoms with E-state index in [4.69, 9.17) is 4.74 Å². The van der Waals surface area contributed by atoms with Crippen LogP contribution in [0.4, 0.5) is 23.4 Å². The Morgan fingerprint density at radius 2 is 1.90 bits per heavy atom. The summed E-state index contributed by atoms with van der Waals surface area (Å²) in [5.41, 5.74) is -0.973. The summed E-state index contributed by atoms with van der Waals surface area (Å²) in [7, 11) is 0. The number of rotatable bonds is 5. The Bertz CT molecular complexity index is 1090. The maximum atomic E-state index is 13.5. The monoisotopic (exact) mass is 443 g/mol. The lowest BCUT2D eigenvalue weighted by molar-refractivity contribution is -0.138. The standard InChI is InChI=1S/C18H17F4N5O4/c19-9-1-2-10(18(20,21)22)8(3-9)4-23-15-12-16(25-6-24-15)27(7-26-12)17-14(30)13(29)11(5-28)31-17/h1-3,6-7,11,13-14,17,28-30H,4-5H2,(H,23,24,25)/t11-,13-,14-,17?/m1/s1. The van der Waals surface area contributed by atoms with E-state index in [0.29, 0.717) is 6.07 Å². The number of ether oxygens (including phenoxy) is 1. The lowest BCUT2D eigenvalue weighted by atomic mass is 10.1. The van der Waals surface area contributed by atoms with Gasteiger partial charge < -0.3 is 25.4 Å². The van der Waals surface area contributed by atoms with Crippen LogP contribution in [0.1, 0.15) is 17.4 Å². The van der Waals surface area contributed by atoms with Gasteiger partial charge in [0.15, 0.2) is 23.2 Å². The van der Waals surface area contributed by atoms with Crippen molar-refractivity contribution in [3.8, 4) is 0 Å². The molecule has 3 aromatic rings. The summed E-state index contributed by atoms with van der Waals surface area (Å²) in [6.45, 7) is -0.905. The highest BCUT2D eigenvalue weighted by Crippen LogP contribution is 2.34. The number of alkyl halides is 3. The van der Waals surface area contributed by atoms with Crippen LogP contribution in [0.5, 0.6) is 0 Å². The van der Waals surface area contributed by atoms with Crippen molar-refractivity contribution >= 4 is 17.0 Å². The van der Waals surface area contributed by atoms with E-state index < -0.39 is 48.7 Å². The van der Waals surface area contributed by atoms with Crippen LogP contribution in [0.2, 0.25) is 0 Å². The van der Waals surface area contributed by atoms with Crippen LogP contribution in [0.15, 0.2) is 30.9 Å². The number of nitrogens with one attached hydrogen (secondary N) is 1. The normalized spacial score (nSPS) is 24.1. The average Bonchev–Trinajstić information content (AvgIpc) is 3.27. The number of hydrogen-bond acceptors (Lipinski definition) is 8. The van der Waals surface area contributed by atoms with Gasteiger partial charge in [0.1, 0.15) is 30.5 Å². The second-order valence-corrected chi connectivity index (χ2v) is 6.93. The molecule has 1 saturated heterocycles. The minimum Gasteiger partial charge on any atom is -0.394 e. The quantitative estimate of drug-likeness (QED) is 0.434. The lowest BCUT2D eigenvalue weighted by Crippen LogP contribution is -2.33. The van der Waals surface area contributed by atoms with Gasteiger partial charge in [-0.15, -0.1) is 0 Å². The van der Waals surface area contributed by atoms with E-state index >= 15 is 0 Å². The second-order valence-electron chi connectivity index (χ2n) is 6.93. The number of halogens is 4. The van der Waals surface area contributed by atoms with Crippen molar-refractivity contribution in [2.75, 3.05) is 11.9 Å². The Morgan fingerprint density at radius 1 is 1.13 bits per heavy atom. The highest BCUT2D eigenvalue weighted by Gasteiger charge is 2.44. The average molecular weight is 443 g/mol. The van der Waals surface area contributed by atoms with Gasteiger partial charge in [-0.3, -0.25) is 4.57 Å². The van der Waals surface area contributed by atoms with Crippen LogP contribution in [-0.2, 0) is 17.5 Å². The fraction of sp³-hybridized carbons (Fsp3) is 0.389. The Balaban J connectivity index is 1.62. The molecule has 13 heteroatoms. The summed E-state index contributed by atoms with van der Waals surface area (Å²) in [6.07, 6.45) is -7.09. The van der Waals surface area contributed by atoms with E-state index in [1.807, 2.05) is 0 Å². The number of imidazole rings is 1. The van der Waals surface area contributed by atoms with Crippen LogP contribution in [0.25, 0.3) is 11.2 Å². The Hall–Kier alpha value is -2.87. The molecule has 2 aromatic heterocycles. The number of nitrogens with zero attached hydrogens (tertiary/aromatic N) is 4. The zero-order valence-electron chi connectivity index (χ0n) is 15.7. The molecule has 1 aromatic carbocycles. The van der Waals surface area contributed by atoms with E-state index in [0.717, 1.165) is 18.5 Å². The van der Waals surface area contributed by atoms with Gasteiger partial charge in [0.05, 0.1) is 18.5 Å². The molecule has 1 aliphatic rings. The minimum absolute atomic E-state index is 0.0767. The number of aliphatic hydroxyl groups is 3. The first-order valence-electron chi connectivity index (χ1n) is 9.10. The van der Waals surface area contributed by atoms with Gasteiger partial charge in [0.2, 0.25) is 0 Å². The molecule has 0 radical (unpaired) electrons. The van der Waals surface area contributed by atoms with Gasteiger partial charge in [-0.25, -0.2) is 19.3 Å². The molecular formula is C18H17F4N5O4. The smallest absolute Gasteiger partial charge is 0.394 e. The Kier molecular flexibility index (Phi) is 5.51. The fourth-order valence-corrected chi connectivity index (χ4v) is 3.44. The number of benzene rings is 1. The number of hydrogen-bond donors (Lipinski definition) is 4. The number of aliphatic hydroxyl groups excluding tert-OH is 3. The SMILES string of the molecule is OC[C@H]1OC(n2cnc3c(NCc4cc(F)ccc4C(F)(F)F)ncnc32)[C@H](O)[C@@H]1O. The molecule has 0 bridgehead atoms. The van der Waals surface area contributed by atoms with E-state index in [2.05, 4.69) is 20.3 Å². The minimum atomic E-state index is -4.66. The van der Waals surface area contributed by atoms with Crippen molar-refractivity contribution in [1.29, 1.82) is 0 Å². The highest BCUT2D eigenvalue weighted by molar-refractivity contribution is 5.82. The molecule has 1 unspecified atom stereocenters. The molecule has 1 aliphatic heterocycles. The topological polar surface area (TPSA) is 126 Å². The predicted molar refractivity (Wildman–Crippen MR) is 97.1 cm³/mol. The summed E-state index contributed by atoms with van der Waals surface area (Å²) < 4.78 is 59.9. The largest absolute Gasteiger partial charge is 0.416 e. The summed E-state index contributed by atoms with van der Waals surface area (Å²) in [6, 6.07) is 2.18. The predicted octanol–water partition coefficient (Wildman–Crippen LogP) is 1.21. The van der Waals surface area contributed by atoms with Gasteiger partial charge in [0.25, 0.3) is 0 Å². The zero-order chi connectivity index (χ0) is 22.3. The van der Waals surface area contributed by atoms with Gasteiger partial charge in [-0.1, -0.05) is 0 Å². The third kappa shape index (κ3) is 3.92. The van der Waals surface area contributed by atoms with E-state index in [1.165, 1.54) is 10.9 Å². The number of fused-ring (bicyclic) bond motifs is 1. The maximum Gasteiger partial charge on any atom is 0.416 e. The molecular weight excluding hydrogens is 426 g/mol.